The van der Waals surface area contributed by atoms with Crippen molar-refractivity contribution in [3.8, 4) is 11.5 Å². The summed E-state index contributed by atoms with van der Waals surface area (Å²) in [6, 6.07) is 17.3. The first kappa shape index (κ1) is 20.3. The average Bonchev–Trinajstić information content (AvgIpc) is 3.22. The molecular weight excluding hydrogens is 400 g/mol. The summed E-state index contributed by atoms with van der Waals surface area (Å²) in [6.07, 6.45) is 0.722. The van der Waals surface area contributed by atoms with Crippen LogP contribution in [0.15, 0.2) is 59.8 Å². The molecule has 0 N–H and O–H groups in total. The maximum atomic E-state index is 13.5. The lowest BCUT2D eigenvalue weighted by atomic mass is 9.95. The Morgan fingerprint density at radius 1 is 1.13 bits per heavy atom. The summed E-state index contributed by atoms with van der Waals surface area (Å²) >= 11 is 1.59. The Kier molecular flexibility index (Phi) is 6.23. The zero-order valence-electron chi connectivity index (χ0n) is 17.0. The van der Waals surface area contributed by atoms with Crippen molar-refractivity contribution < 1.29 is 14.3 Å². The van der Waals surface area contributed by atoms with Crippen molar-refractivity contribution in [1.29, 1.82) is 0 Å². The van der Waals surface area contributed by atoms with E-state index in [0.717, 1.165) is 23.5 Å². The molecule has 1 amide bonds. The minimum atomic E-state index is -0.211. The maximum Gasteiger partial charge on any atom is 0.249 e. The number of hydrogen-bond acceptors (Lipinski definition) is 6. The first-order valence-electron chi connectivity index (χ1n) is 9.91. The molecular formula is C22H24N4O3S. The Morgan fingerprint density at radius 3 is 2.70 bits per heavy atom. The second kappa shape index (κ2) is 9.21. The Labute approximate surface area is 180 Å². The molecule has 1 aliphatic rings. The van der Waals surface area contributed by atoms with Gasteiger partial charge < -0.3 is 9.47 Å². The standard InChI is InChI=1S/C22H24N4O3S/c1-3-19(16-8-5-4-6-9-16)21(27)25-12-13-30-22-24-23-20(26(22)25)15-29-18-11-7-10-17(14-18)28-2/h4-11,14,19H,3,12-13,15H2,1-2H3. The molecule has 2 heterocycles. The number of amides is 1. The molecule has 2 aromatic carbocycles. The van der Waals surface area contributed by atoms with Crippen LogP contribution in [0.4, 0.5) is 0 Å². The number of thioether (sulfide) groups is 1. The van der Waals surface area contributed by atoms with Crippen LogP contribution in [0.1, 0.15) is 30.7 Å². The van der Waals surface area contributed by atoms with Gasteiger partial charge >= 0.3 is 0 Å². The number of benzene rings is 2. The molecule has 4 rings (SSSR count). The zero-order valence-corrected chi connectivity index (χ0v) is 17.8. The minimum absolute atomic E-state index is 0.0488. The number of rotatable bonds is 7. The SMILES string of the molecule is CCC(C(=O)N1CCSc2nnc(COc3cccc(OC)c3)n21)c1ccccc1. The second-order valence-corrected chi connectivity index (χ2v) is 7.92. The molecule has 1 aromatic heterocycles. The Hall–Kier alpha value is -3.00. The highest BCUT2D eigenvalue weighted by Crippen LogP contribution is 2.28. The molecule has 0 saturated carbocycles. The number of hydrogen-bond donors (Lipinski definition) is 0. The third kappa shape index (κ3) is 4.14. The van der Waals surface area contributed by atoms with Crippen LogP contribution < -0.4 is 14.5 Å². The third-order valence-electron chi connectivity index (χ3n) is 5.02. The monoisotopic (exact) mass is 424 g/mol. The quantitative estimate of drug-likeness (QED) is 0.577. The normalized spacial score (nSPS) is 14.1. The van der Waals surface area contributed by atoms with Crippen LogP contribution in [0.3, 0.4) is 0 Å². The lowest BCUT2D eigenvalue weighted by Crippen LogP contribution is -2.48. The molecule has 0 bridgehead atoms. The Morgan fingerprint density at radius 2 is 1.93 bits per heavy atom. The Balaban J connectivity index is 1.57. The number of aromatic nitrogens is 3. The van der Waals surface area contributed by atoms with Gasteiger partial charge in [-0.25, -0.2) is 9.69 Å². The lowest BCUT2D eigenvalue weighted by molar-refractivity contribution is -0.121. The number of methoxy groups -OCH3 is 1. The van der Waals surface area contributed by atoms with Crippen LogP contribution in [-0.2, 0) is 11.4 Å². The van der Waals surface area contributed by atoms with Gasteiger partial charge in [-0.2, -0.15) is 0 Å². The van der Waals surface area contributed by atoms with E-state index in [4.69, 9.17) is 9.47 Å². The molecule has 0 fully saturated rings. The molecule has 1 aliphatic heterocycles. The van der Waals surface area contributed by atoms with Crippen LogP contribution in [0.25, 0.3) is 0 Å². The van der Waals surface area contributed by atoms with E-state index >= 15 is 0 Å². The van der Waals surface area contributed by atoms with E-state index in [-0.39, 0.29) is 18.4 Å². The summed E-state index contributed by atoms with van der Waals surface area (Å²) in [5.41, 5.74) is 1.02. The summed E-state index contributed by atoms with van der Waals surface area (Å²) in [7, 11) is 1.62. The van der Waals surface area contributed by atoms with E-state index in [1.165, 1.54) is 0 Å². The number of ether oxygens (including phenoxy) is 2. The Bertz CT molecular complexity index is 1010. The van der Waals surface area contributed by atoms with Crippen LogP contribution >= 0.6 is 11.8 Å². The molecule has 3 aromatic rings. The van der Waals surface area contributed by atoms with Gasteiger partial charge in [0.05, 0.1) is 19.6 Å². The predicted octanol–water partition coefficient (Wildman–Crippen LogP) is 3.63. The fourth-order valence-corrected chi connectivity index (χ4v) is 4.38. The maximum absolute atomic E-state index is 13.5. The van der Waals surface area contributed by atoms with Crippen molar-refractivity contribution in [2.45, 2.75) is 31.0 Å². The number of fused-ring (bicyclic) bond motifs is 1. The van der Waals surface area contributed by atoms with E-state index < -0.39 is 0 Å². The van der Waals surface area contributed by atoms with Crippen molar-refractivity contribution in [2.24, 2.45) is 0 Å². The van der Waals surface area contributed by atoms with Crippen molar-refractivity contribution in [1.82, 2.24) is 14.9 Å². The van der Waals surface area contributed by atoms with E-state index in [2.05, 4.69) is 10.2 Å². The van der Waals surface area contributed by atoms with Gasteiger partial charge in [0.25, 0.3) is 0 Å². The molecule has 1 unspecified atom stereocenters. The van der Waals surface area contributed by atoms with E-state index in [1.54, 1.807) is 23.9 Å². The van der Waals surface area contributed by atoms with Crippen LogP contribution in [0.5, 0.6) is 11.5 Å². The highest BCUT2D eigenvalue weighted by Gasteiger charge is 2.32. The fraction of sp³-hybridized carbons (Fsp3) is 0.318. The third-order valence-corrected chi connectivity index (χ3v) is 5.92. The van der Waals surface area contributed by atoms with Crippen LogP contribution in [0, 0.1) is 0 Å². The van der Waals surface area contributed by atoms with Gasteiger partial charge in [-0.05, 0) is 24.1 Å². The molecule has 0 spiro atoms. The minimum Gasteiger partial charge on any atom is -0.497 e. The largest absolute Gasteiger partial charge is 0.497 e. The molecule has 0 radical (unpaired) electrons. The average molecular weight is 425 g/mol. The van der Waals surface area contributed by atoms with E-state index in [0.29, 0.717) is 23.3 Å². The van der Waals surface area contributed by atoms with Gasteiger partial charge in [0.2, 0.25) is 11.1 Å². The lowest BCUT2D eigenvalue weighted by Gasteiger charge is -2.32. The van der Waals surface area contributed by atoms with Gasteiger partial charge in [0.1, 0.15) is 18.1 Å². The summed E-state index contributed by atoms with van der Waals surface area (Å²) in [5, 5.41) is 11.0. The second-order valence-electron chi connectivity index (χ2n) is 6.86. The molecule has 1 atom stereocenters. The van der Waals surface area contributed by atoms with E-state index in [9.17, 15) is 4.79 Å². The van der Waals surface area contributed by atoms with Crippen molar-refractivity contribution >= 4 is 17.7 Å². The molecule has 0 saturated heterocycles. The smallest absolute Gasteiger partial charge is 0.249 e. The van der Waals surface area contributed by atoms with Crippen LogP contribution in [0.2, 0.25) is 0 Å². The topological polar surface area (TPSA) is 69.5 Å². The van der Waals surface area contributed by atoms with Gasteiger partial charge in [-0.15, -0.1) is 10.2 Å². The van der Waals surface area contributed by atoms with E-state index in [1.807, 2.05) is 66.2 Å². The highest BCUT2D eigenvalue weighted by atomic mass is 32.2. The zero-order chi connectivity index (χ0) is 20.9. The van der Waals surface area contributed by atoms with Crippen molar-refractivity contribution in [3.63, 3.8) is 0 Å². The number of carbonyl (C=O) groups is 1. The predicted molar refractivity (Wildman–Crippen MR) is 116 cm³/mol. The van der Waals surface area contributed by atoms with Gasteiger partial charge in [0.15, 0.2) is 5.82 Å². The fourth-order valence-electron chi connectivity index (χ4n) is 3.51. The number of carbonyl (C=O) groups excluding carboxylic acids is 1. The van der Waals surface area contributed by atoms with Crippen LogP contribution in [-0.4, -0.2) is 40.2 Å². The van der Waals surface area contributed by atoms with Gasteiger partial charge in [-0.1, -0.05) is 55.1 Å². The summed E-state index contributed by atoms with van der Waals surface area (Å²) in [5.74, 6) is 2.60. The summed E-state index contributed by atoms with van der Waals surface area (Å²) in [4.78, 5) is 13.5. The molecule has 156 valence electrons. The summed E-state index contributed by atoms with van der Waals surface area (Å²) < 4.78 is 13.0. The first-order chi connectivity index (χ1) is 14.7. The van der Waals surface area contributed by atoms with Gasteiger partial charge in [0, 0.05) is 11.8 Å². The number of nitrogens with zero attached hydrogens (tertiary/aromatic N) is 4. The van der Waals surface area contributed by atoms with Gasteiger partial charge in [-0.3, -0.25) is 4.79 Å². The highest BCUT2D eigenvalue weighted by molar-refractivity contribution is 7.99. The van der Waals surface area contributed by atoms with Crippen molar-refractivity contribution in [3.05, 3.63) is 66.0 Å². The first-order valence-corrected chi connectivity index (χ1v) is 10.9. The molecule has 7 nitrogen and oxygen atoms in total. The molecule has 0 aliphatic carbocycles. The molecule has 8 heteroatoms. The van der Waals surface area contributed by atoms with Crippen molar-refractivity contribution in [2.75, 3.05) is 24.4 Å². The molecule has 30 heavy (non-hydrogen) atoms. The summed E-state index contributed by atoms with van der Waals surface area (Å²) in [6.45, 7) is 2.84.